The lowest BCUT2D eigenvalue weighted by Crippen LogP contribution is -2.42. The van der Waals surface area contributed by atoms with Crippen molar-refractivity contribution in [3.8, 4) is 0 Å². The number of aliphatic carboxylic acids is 1. The van der Waals surface area contributed by atoms with Gasteiger partial charge in [-0.3, -0.25) is 4.79 Å². The molecule has 0 amide bonds. The summed E-state index contributed by atoms with van der Waals surface area (Å²) < 4.78 is 25.9. The van der Waals surface area contributed by atoms with Crippen molar-refractivity contribution in [3.63, 3.8) is 0 Å². The molecule has 3 atom stereocenters. The van der Waals surface area contributed by atoms with Crippen LogP contribution in [0.4, 0.5) is 0 Å². The molecule has 1 saturated carbocycles. The Labute approximate surface area is 106 Å². The van der Waals surface area contributed by atoms with E-state index in [1.165, 1.54) is 6.92 Å². The van der Waals surface area contributed by atoms with Gasteiger partial charge in [0.2, 0.25) is 10.0 Å². The van der Waals surface area contributed by atoms with Gasteiger partial charge in [0.1, 0.15) is 0 Å². The van der Waals surface area contributed by atoms with Gasteiger partial charge in [0, 0.05) is 11.3 Å². The molecule has 1 fully saturated rings. The fourth-order valence-electron chi connectivity index (χ4n) is 1.90. The summed E-state index contributed by atoms with van der Waals surface area (Å²) in [4.78, 5) is 10.7. The number of sulfonamides is 1. The Morgan fingerprint density at radius 1 is 1.53 bits per heavy atom. The molecule has 0 radical (unpaired) electrons. The molecule has 0 aliphatic heterocycles. The van der Waals surface area contributed by atoms with Crippen LogP contribution in [0, 0.1) is 0 Å². The number of hydrogen-bond donors (Lipinski definition) is 2. The molecule has 3 unspecified atom stereocenters. The minimum atomic E-state index is -3.74. The first-order valence-electron chi connectivity index (χ1n) is 5.72. The molecule has 0 bridgehead atoms. The van der Waals surface area contributed by atoms with Crippen molar-refractivity contribution in [2.24, 2.45) is 0 Å². The Kier molecular flexibility index (Phi) is 5.27. The van der Waals surface area contributed by atoms with Crippen LogP contribution >= 0.6 is 11.8 Å². The van der Waals surface area contributed by atoms with Crippen molar-refractivity contribution in [3.05, 3.63) is 0 Å². The molecule has 1 aliphatic carbocycles. The molecule has 0 heterocycles. The molecule has 5 nitrogen and oxygen atoms in total. The van der Waals surface area contributed by atoms with Gasteiger partial charge in [-0.2, -0.15) is 11.8 Å². The van der Waals surface area contributed by atoms with Gasteiger partial charge in [-0.25, -0.2) is 13.1 Å². The summed E-state index contributed by atoms with van der Waals surface area (Å²) in [5.74, 6) is -0.287. The van der Waals surface area contributed by atoms with Gasteiger partial charge in [-0.15, -0.1) is 0 Å². The van der Waals surface area contributed by atoms with E-state index >= 15 is 0 Å². The SMILES string of the molecule is CCSC1CCC(NS(=O)(=O)C(C)C(=O)O)C1. The fourth-order valence-corrected chi connectivity index (χ4v) is 4.19. The van der Waals surface area contributed by atoms with Gasteiger partial charge in [-0.05, 0) is 31.9 Å². The van der Waals surface area contributed by atoms with E-state index in [0.29, 0.717) is 5.25 Å². The molecule has 2 N–H and O–H groups in total. The maximum Gasteiger partial charge on any atom is 0.323 e. The van der Waals surface area contributed by atoms with Gasteiger partial charge < -0.3 is 5.11 Å². The van der Waals surface area contributed by atoms with Gasteiger partial charge in [-0.1, -0.05) is 6.92 Å². The van der Waals surface area contributed by atoms with E-state index in [0.717, 1.165) is 25.0 Å². The van der Waals surface area contributed by atoms with Crippen molar-refractivity contribution in [2.75, 3.05) is 5.75 Å². The number of hydrogen-bond acceptors (Lipinski definition) is 4. The van der Waals surface area contributed by atoms with Gasteiger partial charge in [0.25, 0.3) is 0 Å². The number of thioether (sulfide) groups is 1. The summed E-state index contributed by atoms with van der Waals surface area (Å²) >= 11 is 1.83. The fraction of sp³-hybridized carbons (Fsp3) is 0.900. The number of carboxylic acids is 1. The predicted molar refractivity (Wildman–Crippen MR) is 68.7 cm³/mol. The topological polar surface area (TPSA) is 83.5 Å². The average Bonchev–Trinajstić information content (AvgIpc) is 2.64. The second kappa shape index (κ2) is 6.06. The van der Waals surface area contributed by atoms with Crippen molar-refractivity contribution >= 4 is 27.8 Å². The summed E-state index contributed by atoms with van der Waals surface area (Å²) in [6.07, 6.45) is 2.58. The lowest BCUT2D eigenvalue weighted by molar-refractivity contribution is -0.136. The van der Waals surface area contributed by atoms with Crippen molar-refractivity contribution < 1.29 is 18.3 Å². The van der Waals surface area contributed by atoms with Crippen LogP contribution in [-0.4, -0.2) is 41.8 Å². The first-order valence-corrected chi connectivity index (χ1v) is 8.32. The van der Waals surface area contributed by atoms with E-state index in [2.05, 4.69) is 11.6 Å². The first kappa shape index (κ1) is 14.8. The summed E-state index contributed by atoms with van der Waals surface area (Å²) in [6, 6.07) is -0.106. The highest BCUT2D eigenvalue weighted by Crippen LogP contribution is 2.30. The van der Waals surface area contributed by atoms with Crippen LogP contribution in [-0.2, 0) is 14.8 Å². The van der Waals surface area contributed by atoms with E-state index in [9.17, 15) is 13.2 Å². The third-order valence-electron chi connectivity index (χ3n) is 2.93. The highest BCUT2D eigenvalue weighted by atomic mass is 32.2. The molecule has 0 spiro atoms. The van der Waals surface area contributed by atoms with Gasteiger partial charge >= 0.3 is 5.97 Å². The minimum absolute atomic E-state index is 0.106. The van der Waals surface area contributed by atoms with Crippen LogP contribution in [0.2, 0.25) is 0 Å². The van der Waals surface area contributed by atoms with Crippen LogP contribution in [0.25, 0.3) is 0 Å². The molecule has 0 aromatic rings. The maximum atomic E-state index is 11.7. The second-order valence-electron chi connectivity index (χ2n) is 4.23. The second-order valence-corrected chi connectivity index (χ2v) is 7.84. The number of carboxylic acid groups (broad SMARTS) is 1. The van der Waals surface area contributed by atoms with Crippen molar-refractivity contribution in [1.82, 2.24) is 4.72 Å². The van der Waals surface area contributed by atoms with E-state index in [4.69, 9.17) is 5.11 Å². The number of rotatable bonds is 6. The Balaban J connectivity index is 2.53. The van der Waals surface area contributed by atoms with Crippen LogP contribution in [0.15, 0.2) is 0 Å². The molecule has 7 heteroatoms. The summed E-state index contributed by atoms with van der Waals surface area (Å²) in [5.41, 5.74) is 0. The van der Waals surface area contributed by atoms with Crippen molar-refractivity contribution in [2.45, 2.75) is 49.7 Å². The normalized spacial score (nSPS) is 26.9. The molecular formula is C10H19NO4S2. The standard InChI is InChI=1S/C10H19NO4S2/c1-3-16-9-5-4-8(6-9)11-17(14,15)7(2)10(12)13/h7-9,11H,3-6H2,1-2H3,(H,12,13). The first-order chi connectivity index (χ1) is 7.86. The molecule has 1 aliphatic rings. The van der Waals surface area contributed by atoms with Crippen LogP contribution in [0.1, 0.15) is 33.1 Å². The summed E-state index contributed by atoms with van der Waals surface area (Å²) in [5, 5.41) is 7.81. The Morgan fingerprint density at radius 2 is 2.18 bits per heavy atom. The summed E-state index contributed by atoms with van der Waals surface area (Å²) in [7, 11) is -3.74. The van der Waals surface area contributed by atoms with Crippen molar-refractivity contribution in [1.29, 1.82) is 0 Å². The third-order valence-corrected chi connectivity index (χ3v) is 5.96. The zero-order chi connectivity index (χ0) is 13.1. The number of nitrogens with one attached hydrogen (secondary N) is 1. The molecule has 17 heavy (non-hydrogen) atoms. The largest absolute Gasteiger partial charge is 0.480 e. The molecule has 1 rings (SSSR count). The van der Waals surface area contributed by atoms with Gasteiger partial charge in [0.15, 0.2) is 5.25 Å². The maximum absolute atomic E-state index is 11.7. The molecule has 0 aromatic heterocycles. The smallest absolute Gasteiger partial charge is 0.323 e. The van der Waals surface area contributed by atoms with Crippen LogP contribution in [0.5, 0.6) is 0 Å². The van der Waals surface area contributed by atoms with Crippen LogP contribution < -0.4 is 4.72 Å². The zero-order valence-electron chi connectivity index (χ0n) is 10.0. The lowest BCUT2D eigenvalue weighted by Gasteiger charge is -2.15. The minimum Gasteiger partial charge on any atom is -0.480 e. The lowest BCUT2D eigenvalue weighted by atomic mass is 10.3. The Bertz CT molecular complexity index is 369. The molecular weight excluding hydrogens is 262 g/mol. The van der Waals surface area contributed by atoms with E-state index < -0.39 is 21.2 Å². The molecule has 100 valence electrons. The highest BCUT2D eigenvalue weighted by Gasteiger charge is 2.33. The third kappa shape index (κ3) is 4.15. The highest BCUT2D eigenvalue weighted by molar-refractivity contribution is 7.99. The van der Waals surface area contributed by atoms with Crippen LogP contribution in [0.3, 0.4) is 0 Å². The number of carbonyl (C=O) groups is 1. The molecule has 0 aromatic carbocycles. The average molecular weight is 281 g/mol. The monoisotopic (exact) mass is 281 g/mol. The van der Waals surface area contributed by atoms with Gasteiger partial charge in [0.05, 0.1) is 0 Å². The predicted octanol–water partition coefficient (Wildman–Crippen LogP) is 1.05. The molecule has 0 saturated heterocycles. The Morgan fingerprint density at radius 3 is 2.71 bits per heavy atom. The summed E-state index contributed by atoms with van der Waals surface area (Å²) in [6.45, 7) is 3.27. The quantitative estimate of drug-likeness (QED) is 0.760. The van der Waals surface area contributed by atoms with E-state index in [1.54, 1.807) is 0 Å². The zero-order valence-corrected chi connectivity index (χ0v) is 11.7. The van der Waals surface area contributed by atoms with E-state index in [1.807, 2.05) is 11.8 Å². The van der Waals surface area contributed by atoms with E-state index in [-0.39, 0.29) is 6.04 Å². The Hall–Kier alpha value is -0.270.